The molecule has 4 heteroatoms. The summed E-state index contributed by atoms with van der Waals surface area (Å²) in [5, 5.41) is 34.9. The third-order valence-corrected chi connectivity index (χ3v) is 1.34. The van der Waals surface area contributed by atoms with Gasteiger partial charge in [-0.2, -0.15) is 10.5 Å². The summed E-state index contributed by atoms with van der Waals surface area (Å²) in [6.45, 7) is 0. The molecule has 4 nitrogen and oxygen atoms in total. The van der Waals surface area contributed by atoms with Crippen molar-refractivity contribution < 1.29 is 10.2 Å². The van der Waals surface area contributed by atoms with Gasteiger partial charge in [0.05, 0.1) is 17.2 Å². The van der Waals surface area contributed by atoms with Gasteiger partial charge in [0, 0.05) is 6.07 Å². The Labute approximate surface area is 68.5 Å². The summed E-state index contributed by atoms with van der Waals surface area (Å²) in [5.41, 5.74) is 0.0356. The van der Waals surface area contributed by atoms with Crippen LogP contribution in [0.5, 0.6) is 11.5 Å². The molecule has 0 aliphatic carbocycles. The Hall–Kier alpha value is -2.20. The van der Waals surface area contributed by atoms with Crippen molar-refractivity contribution in [3.8, 4) is 23.6 Å². The fourth-order valence-corrected chi connectivity index (χ4v) is 0.769. The number of aromatic hydroxyl groups is 2. The van der Waals surface area contributed by atoms with Crippen molar-refractivity contribution in [1.82, 2.24) is 0 Å². The van der Waals surface area contributed by atoms with Crippen molar-refractivity contribution in [2.24, 2.45) is 0 Å². The first kappa shape index (κ1) is 7.90. The topological polar surface area (TPSA) is 88.0 Å². The van der Waals surface area contributed by atoms with Crippen molar-refractivity contribution in [1.29, 1.82) is 10.5 Å². The number of benzene rings is 1. The van der Waals surface area contributed by atoms with Crippen molar-refractivity contribution in [3.05, 3.63) is 23.3 Å². The van der Waals surface area contributed by atoms with E-state index in [1.807, 2.05) is 0 Å². The van der Waals surface area contributed by atoms with Crippen LogP contribution >= 0.6 is 0 Å². The van der Waals surface area contributed by atoms with Gasteiger partial charge in [0.15, 0.2) is 11.5 Å². The number of rotatable bonds is 0. The Morgan fingerprint density at radius 3 is 2.25 bits per heavy atom. The molecule has 0 heterocycles. The van der Waals surface area contributed by atoms with E-state index in [-0.39, 0.29) is 11.1 Å². The second-order valence-electron chi connectivity index (χ2n) is 2.12. The molecule has 1 aromatic rings. The Kier molecular flexibility index (Phi) is 1.85. The Bertz CT molecular complexity index is 399. The molecule has 12 heavy (non-hydrogen) atoms. The average Bonchev–Trinajstić information content (AvgIpc) is 2.09. The van der Waals surface area contributed by atoms with Crippen molar-refractivity contribution in [3.63, 3.8) is 0 Å². The highest BCUT2D eigenvalue weighted by molar-refractivity contribution is 5.55. The van der Waals surface area contributed by atoms with Crippen LogP contribution in [0.25, 0.3) is 0 Å². The van der Waals surface area contributed by atoms with Gasteiger partial charge in [0.2, 0.25) is 0 Å². The van der Waals surface area contributed by atoms with Gasteiger partial charge in [-0.1, -0.05) is 0 Å². The maximum Gasteiger partial charge on any atom is 0.175 e. The summed E-state index contributed by atoms with van der Waals surface area (Å²) >= 11 is 0. The van der Waals surface area contributed by atoms with Gasteiger partial charge in [0.25, 0.3) is 0 Å². The predicted octanol–water partition coefficient (Wildman–Crippen LogP) is 0.841. The Balaban J connectivity index is 3.44. The van der Waals surface area contributed by atoms with Crippen LogP contribution in [0.4, 0.5) is 0 Å². The molecule has 0 saturated carbocycles. The zero-order chi connectivity index (χ0) is 9.14. The summed E-state index contributed by atoms with van der Waals surface area (Å²) in [6.07, 6.45) is 0. The molecule has 0 atom stereocenters. The molecule has 1 aromatic carbocycles. The third kappa shape index (κ3) is 1.14. The molecule has 0 saturated heterocycles. The molecule has 0 bridgehead atoms. The molecule has 0 unspecified atom stereocenters. The normalized spacial score (nSPS) is 8.50. The minimum atomic E-state index is -0.489. The van der Waals surface area contributed by atoms with E-state index in [1.54, 1.807) is 12.1 Å². The second-order valence-corrected chi connectivity index (χ2v) is 2.12. The lowest BCUT2D eigenvalue weighted by Crippen LogP contribution is -1.81. The van der Waals surface area contributed by atoms with Crippen molar-refractivity contribution in [2.75, 3.05) is 0 Å². The molecular formula is C8H4N2O2. The predicted molar refractivity (Wildman–Crippen MR) is 39.2 cm³/mol. The fraction of sp³-hybridized carbons (Fsp3) is 0. The van der Waals surface area contributed by atoms with Gasteiger partial charge >= 0.3 is 0 Å². The molecule has 1 rings (SSSR count). The third-order valence-electron chi connectivity index (χ3n) is 1.34. The highest BCUT2D eigenvalue weighted by Gasteiger charge is 2.07. The van der Waals surface area contributed by atoms with Crippen LogP contribution in [-0.4, -0.2) is 10.2 Å². The monoisotopic (exact) mass is 160 g/mol. The number of hydrogen-bond acceptors (Lipinski definition) is 4. The zero-order valence-corrected chi connectivity index (χ0v) is 5.94. The lowest BCUT2D eigenvalue weighted by Gasteiger charge is -1.98. The molecule has 0 aliphatic rings. The van der Waals surface area contributed by atoms with Crippen LogP contribution in [0, 0.1) is 22.7 Å². The lowest BCUT2D eigenvalue weighted by atomic mass is 10.1. The van der Waals surface area contributed by atoms with Crippen molar-refractivity contribution >= 4 is 0 Å². The molecule has 0 aromatic heterocycles. The Morgan fingerprint density at radius 1 is 1.08 bits per heavy atom. The molecule has 0 spiro atoms. The highest BCUT2D eigenvalue weighted by atomic mass is 16.3. The number of phenols is 2. The molecule has 58 valence electrons. The van der Waals surface area contributed by atoms with Gasteiger partial charge in [-0.3, -0.25) is 0 Å². The van der Waals surface area contributed by atoms with Gasteiger partial charge in [-0.25, -0.2) is 0 Å². The fourth-order valence-electron chi connectivity index (χ4n) is 0.769. The highest BCUT2D eigenvalue weighted by Crippen LogP contribution is 2.29. The van der Waals surface area contributed by atoms with Gasteiger partial charge in [-0.15, -0.1) is 0 Å². The first-order valence-corrected chi connectivity index (χ1v) is 3.05. The number of nitriles is 2. The molecule has 0 radical (unpaired) electrons. The number of hydrogen-bond donors (Lipinski definition) is 2. The zero-order valence-electron chi connectivity index (χ0n) is 5.94. The number of nitrogens with zero attached hydrogens (tertiary/aromatic N) is 2. The first-order valence-electron chi connectivity index (χ1n) is 3.05. The van der Waals surface area contributed by atoms with Crippen LogP contribution in [0.1, 0.15) is 11.1 Å². The van der Waals surface area contributed by atoms with E-state index in [1.165, 1.54) is 6.07 Å². The minimum Gasteiger partial charge on any atom is -0.504 e. The quantitative estimate of drug-likeness (QED) is 0.550. The second kappa shape index (κ2) is 2.81. The van der Waals surface area contributed by atoms with E-state index < -0.39 is 11.5 Å². The summed E-state index contributed by atoms with van der Waals surface area (Å²) in [5.74, 6) is -0.942. The van der Waals surface area contributed by atoms with Crippen LogP contribution < -0.4 is 0 Å². The van der Waals surface area contributed by atoms with Crippen LogP contribution in [-0.2, 0) is 0 Å². The smallest absolute Gasteiger partial charge is 0.175 e. The molecule has 0 amide bonds. The summed E-state index contributed by atoms with van der Waals surface area (Å²) in [7, 11) is 0. The summed E-state index contributed by atoms with van der Waals surface area (Å²) in [6, 6.07) is 5.69. The standard InChI is InChI=1S/C8H4N2O2/c9-3-5-1-6(4-10)8(12)7(11)2-5/h1-2,11-12H. The van der Waals surface area contributed by atoms with Crippen LogP contribution in [0.3, 0.4) is 0 Å². The maximum absolute atomic E-state index is 9.04. The SMILES string of the molecule is N#Cc1cc(O)c(O)c(C#N)c1. The average molecular weight is 160 g/mol. The summed E-state index contributed by atoms with van der Waals surface area (Å²) < 4.78 is 0. The van der Waals surface area contributed by atoms with E-state index >= 15 is 0 Å². The molecule has 2 N–H and O–H groups in total. The Morgan fingerprint density at radius 2 is 1.75 bits per heavy atom. The van der Waals surface area contributed by atoms with Crippen LogP contribution in [0.15, 0.2) is 12.1 Å². The lowest BCUT2D eigenvalue weighted by molar-refractivity contribution is 0.402. The molecule has 0 aliphatic heterocycles. The maximum atomic E-state index is 9.04. The van der Waals surface area contributed by atoms with Gasteiger partial charge in [0.1, 0.15) is 6.07 Å². The summed E-state index contributed by atoms with van der Waals surface area (Å²) in [4.78, 5) is 0. The van der Waals surface area contributed by atoms with E-state index in [2.05, 4.69) is 0 Å². The molecule has 0 fully saturated rings. The largest absolute Gasteiger partial charge is 0.504 e. The number of phenolic OH excluding ortho intramolecular Hbond substituents is 2. The van der Waals surface area contributed by atoms with Crippen molar-refractivity contribution in [2.45, 2.75) is 0 Å². The van der Waals surface area contributed by atoms with E-state index in [4.69, 9.17) is 20.7 Å². The van der Waals surface area contributed by atoms with Crippen LogP contribution in [0.2, 0.25) is 0 Å². The van der Waals surface area contributed by atoms with Gasteiger partial charge < -0.3 is 10.2 Å². The first-order chi connectivity index (χ1) is 5.69. The van der Waals surface area contributed by atoms with Gasteiger partial charge in [-0.05, 0) is 6.07 Å². The molecular weight excluding hydrogens is 156 g/mol. The van der Waals surface area contributed by atoms with E-state index in [0.29, 0.717) is 0 Å². The van der Waals surface area contributed by atoms with E-state index in [9.17, 15) is 0 Å². The van der Waals surface area contributed by atoms with E-state index in [0.717, 1.165) is 6.07 Å². The minimum absolute atomic E-state index is 0.105.